The lowest BCUT2D eigenvalue weighted by atomic mass is 10.0. The molecule has 3 aromatic rings. The largest absolute Gasteiger partial charge is 0.303 e. The lowest BCUT2D eigenvalue weighted by Crippen LogP contribution is -1.88. The maximum atomic E-state index is 10.4. The molecule has 0 radical (unpaired) electrons. The molecule has 3 rings (SSSR count). The summed E-state index contributed by atoms with van der Waals surface area (Å²) in [6.07, 6.45) is 4.23. The first-order chi connectivity index (χ1) is 11.3. The molecule has 0 aliphatic carbocycles. The molecule has 3 heteroatoms. The second-order valence-corrected chi connectivity index (χ2v) is 6.26. The van der Waals surface area contributed by atoms with E-state index in [0.717, 1.165) is 39.6 Å². The van der Waals surface area contributed by atoms with Crippen molar-refractivity contribution in [3.05, 3.63) is 76.9 Å². The third-order valence-corrected chi connectivity index (χ3v) is 4.27. The van der Waals surface area contributed by atoms with E-state index in [4.69, 9.17) is 0 Å². The maximum absolute atomic E-state index is 10.4. The van der Waals surface area contributed by atoms with Gasteiger partial charge in [-0.05, 0) is 35.7 Å². The Labute approximate surface area is 144 Å². The molecule has 2 aromatic carbocycles. The van der Waals surface area contributed by atoms with Gasteiger partial charge in [0, 0.05) is 28.2 Å². The first-order valence-corrected chi connectivity index (χ1v) is 8.30. The number of hydrogen-bond donors (Lipinski definition) is 0. The SMILES string of the molecule is O=CCCc1ccc(-c2ccc(-c3ccc(Br)cc3)nc2)cc1. The quantitative estimate of drug-likeness (QED) is 0.573. The third-order valence-electron chi connectivity index (χ3n) is 3.74. The number of halogens is 1. The van der Waals surface area contributed by atoms with Crippen LogP contribution in [0.25, 0.3) is 22.4 Å². The number of aryl methyl sites for hydroxylation is 1. The molecule has 2 nitrogen and oxygen atoms in total. The van der Waals surface area contributed by atoms with E-state index in [1.807, 2.05) is 36.5 Å². The molecule has 0 amide bonds. The van der Waals surface area contributed by atoms with Crippen LogP contribution >= 0.6 is 15.9 Å². The fourth-order valence-electron chi connectivity index (χ4n) is 2.45. The van der Waals surface area contributed by atoms with Gasteiger partial charge in [-0.3, -0.25) is 4.98 Å². The number of aromatic nitrogens is 1. The summed E-state index contributed by atoms with van der Waals surface area (Å²) in [6, 6.07) is 20.6. The number of rotatable bonds is 5. The van der Waals surface area contributed by atoms with Crippen LogP contribution < -0.4 is 0 Å². The average molecular weight is 366 g/mol. The van der Waals surface area contributed by atoms with Crippen molar-refractivity contribution in [1.82, 2.24) is 4.98 Å². The van der Waals surface area contributed by atoms with Gasteiger partial charge < -0.3 is 4.79 Å². The molecular formula is C20H16BrNO. The van der Waals surface area contributed by atoms with Gasteiger partial charge in [-0.1, -0.05) is 58.4 Å². The standard InChI is InChI=1S/C20H16BrNO/c21-19-10-7-17(8-11-19)20-12-9-18(14-22-20)16-5-3-15(4-6-16)2-1-13-23/h3-14H,1-2H2. The summed E-state index contributed by atoms with van der Waals surface area (Å²) >= 11 is 3.44. The zero-order chi connectivity index (χ0) is 16.1. The second kappa shape index (κ2) is 7.34. The number of nitrogens with zero attached hydrogens (tertiary/aromatic N) is 1. The van der Waals surface area contributed by atoms with Crippen molar-refractivity contribution < 1.29 is 4.79 Å². The van der Waals surface area contributed by atoms with Crippen LogP contribution in [0, 0.1) is 0 Å². The molecule has 0 aliphatic heterocycles. The van der Waals surface area contributed by atoms with Gasteiger partial charge >= 0.3 is 0 Å². The third kappa shape index (κ3) is 3.93. The van der Waals surface area contributed by atoms with Crippen molar-refractivity contribution in [1.29, 1.82) is 0 Å². The highest BCUT2D eigenvalue weighted by molar-refractivity contribution is 9.10. The number of hydrogen-bond acceptors (Lipinski definition) is 2. The Bertz CT molecular complexity index is 777. The summed E-state index contributed by atoms with van der Waals surface area (Å²) in [4.78, 5) is 15.0. The first-order valence-electron chi connectivity index (χ1n) is 7.51. The molecule has 0 saturated heterocycles. The number of benzene rings is 2. The summed E-state index contributed by atoms with van der Waals surface area (Å²) in [5.41, 5.74) is 5.47. The van der Waals surface area contributed by atoms with Gasteiger partial charge in [0.1, 0.15) is 6.29 Å². The Morgan fingerprint density at radius 1 is 0.826 bits per heavy atom. The highest BCUT2D eigenvalue weighted by Crippen LogP contribution is 2.24. The average Bonchev–Trinajstić information content (AvgIpc) is 2.61. The Kier molecular flexibility index (Phi) is 4.99. The molecule has 0 unspecified atom stereocenters. The van der Waals surface area contributed by atoms with Crippen LogP contribution in [0.15, 0.2) is 71.3 Å². The van der Waals surface area contributed by atoms with Crippen molar-refractivity contribution in [2.45, 2.75) is 12.8 Å². The van der Waals surface area contributed by atoms with Crippen LogP contribution in [0.4, 0.5) is 0 Å². The molecular weight excluding hydrogens is 350 g/mol. The van der Waals surface area contributed by atoms with E-state index < -0.39 is 0 Å². The van der Waals surface area contributed by atoms with Crippen molar-refractivity contribution >= 4 is 22.2 Å². The highest BCUT2D eigenvalue weighted by Gasteiger charge is 2.02. The van der Waals surface area contributed by atoms with E-state index in [-0.39, 0.29) is 0 Å². The van der Waals surface area contributed by atoms with E-state index in [2.05, 4.69) is 51.2 Å². The van der Waals surface area contributed by atoms with Gasteiger partial charge in [-0.25, -0.2) is 0 Å². The molecule has 0 saturated carbocycles. The van der Waals surface area contributed by atoms with Crippen molar-refractivity contribution in [2.24, 2.45) is 0 Å². The molecule has 0 spiro atoms. The van der Waals surface area contributed by atoms with Gasteiger partial charge in [0.05, 0.1) is 5.69 Å². The zero-order valence-corrected chi connectivity index (χ0v) is 14.2. The molecule has 0 atom stereocenters. The van der Waals surface area contributed by atoms with Gasteiger partial charge in [0.2, 0.25) is 0 Å². The summed E-state index contributed by atoms with van der Waals surface area (Å²) in [5, 5.41) is 0. The number of carbonyl (C=O) groups excluding carboxylic acids is 1. The molecule has 0 fully saturated rings. The molecule has 0 bridgehead atoms. The van der Waals surface area contributed by atoms with Crippen LogP contribution in [0.1, 0.15) is 12.0 Å². The van der Waals surface area contributed by atoms with E-state index >= 15 is 0 Å². The lowest BCUT2D eigenvalue weighted by Gasteiger charge is -2.05. The van der Waals surface area contributed by atoms with E-state index in [1.165, 1.54) is 5.56 Å². The predicted molar refractivity (Wildman–Crippen MR) is 97.2 cm³/mol. The minimum Gasteiger partial charge on any atom is -0.303 e. The van der Waals surface area contributed by atoms with E-state index in [0.29, 0.717) is 6.42 Å². The van der Waals surface area contributed by atoms with E-state index in [1.54, 1.807) is 0 Å². The summed E-state index contributed by atoms with van der Waals surface area (Å²) in [6.45, 7) is 0. The highest BCUT2D eigenvalue weighted by atomic mass is 79.9. The fourth-order valence-corrected chi connectivity index (χ4v) is 2.71. The molecule has 0 N–H and O–H groups in total. The van der Waals surface area contributed by atoms with Gasteiger partial charge in [0.15, 0.2) is 0 Å². The smallest absolute Gasteiger partial charge is 0.120 e. The Hall–Kier alpha value is -2.26. The summed E-state index contributed by atoms with van der Waals surface area (Å²) in [7, 11) is 0. The van der Waals surface area contributed by atoms with Crippen molar-refractivity contribution in [3.63, 3.8) is 0 Å². The number of carbonyl (C=O) groups is 1. The molecule has 0 aliphatic rings. The summed E-state index contributed by atoms with van der Waals surface area (Å²) < 4.78 is 1.06. The van der Waals surface area contributed by atoms with E-state index in [9.17, 15) is 4.79 Å². The topological polar surface area (TPSA) is 30.0 Å². The fraction of sp³-hybridized carbons (Fsp3) is 0.100. The Balaban J connectivity index is 1.79. The number of aldehydes is 1. The molecule has 1 heterocycles. The Morgan fingerprint density at radius 3 is 2.09 bits per heavy atom. The normalized spacial score (nSPS) is 10.5. The number of pyridine rings is 1. The minimum atomic E-state index is 0.572. The zero-order valence-electron chi connectivity index (χ0n) is 12.6. The minimum absolute atomic E-state index is 0.572. The molecule has 114 valence electrons. The second-order valence-electron chi connectivity index (χ2n) is 5.34. The van der Waals surface area contributed by atoms with Crippen LogP contribution in [0.3, 0.4) is 0 Å². The Morgan fingerprint density at radius 2 is 1.48 bits per heavy atom. The maximum Gasteiger partial charge on any atom is 0.120 e. The molecule has 23 heavy (non-hydrogen) atoms. The van der Waals surface area contributed by atoms with Crippen LogP contribution in [-0.2, 0) is 11.2 Å². The first kappa shape index (κ1) is 15.6. The van der Waals surface area contributed by atoms with Crippen LogP contribution in [0.2, 0.25) is 0 Å². The molecule has 1 aromatic heterocycles. The van der Waals surface area contributed by atoms with Gasteiger partial charge in [-0.15, -0.1) is 0 Å². The van der Waals surface area contributed by atoms with Crippen molar-refractivity contribution in [2.75, 3.05) is 0 Å². The monoisotopic (exact) mass is 365 g/mol. The predicted octanol–water partition coefficient (Wildman–Crippen LogP) is 5.31. The summed E-state index contributed by atoms with van der Waals surface area (Å²) in [5.74, 6) is 0. The van der Waals surface area contributed by atoms with Gasteiger partial charge in [0.25, 0.3) is 0 Å². The van der Waals surface area contributed by atoms with Crippen LogP contribution in [-0.4, -0.2) is 11.3 Å². The van der Waals surface area contributed by atoms with Crippen LogP contribution in [0.5, 0.6) is 0 Å². The van der Waals surface area contributed by atoms with Gasteiger partial charge in [-0.2, -0.15) is 0 Å². The van der Waals surface area contributed by atoms with Crippen molar-refractivity contribution in [3.8, 4) is 22.4 Å². The lowest BCUT2D eigenvalue weighted by molar-refractivity contribution is -0.107.